The van der Waals surface area contributed by atoms with Gasteiger partial charge >= 0.3 is 0 Å². The Morgan fingerprint density at radius 2 is 2.00 bits per heavy atom. The van der Waals surface area contributed by atoms with E-state index in [-0.39, 0.29) is 24.5 Å². The number of likely N-dealkylation sites (tertiary alicyclic amines) is 1. The first-order valence-corrected chi connectivity index (χ1v) is 8.15. The van der Waals surface area contributed by atoms with Gasteiger partial charge in [0.1, 0.15) is 0 Å². The molecule has 3 rings (SSSR count). The summed E-state index contributed by atoms with van der Waals surface area (Å²) in [5.74, 6) is 1.15. The van der Waals surface area contributed by atoms with Crippen molar-refractivity contribution >= 4 is 11.8 Å². The molecule has 1 aromatic carbocycles. The zero-order valence-electron chi connectivity index (χ0n) is 13.3. The standard InChI is InChI=1S/C17H22N2O4/c1-2-3-4-7-18-16(20)13-9-19(10-13)17(21)12-5-6-14-15(8-12)23-11-22-14/h5-6,8,13H,2-4,7,9-11H2,1H3,(H,18,20). The van der Waals surface area contributed by atoms with E-state index in [2.05, 4.69) is 12.2 Å². The van der Waals surface area contributed by atoms with Crippen molar-refractivity contribution in [3.05, 3.63) is 23.8 Å². The Kier molecular flexibility index (Phi) is 4.69. The number of ether oxygens (including phenoxy) is 2. The molecule has 0 bridgehead atoms. The lowest BCUT2D eigenvalue weighted by atomic mass is 9.97. The average Bonchev–Trinajstić information content (AvgIpc) is 2.97. The van der Waals surface area contributed by atoms with Crippen LogP contribution in [0, 0.1) is 5.92 Å². The summed E-state index contributed by atoms with van der Waals surface area (Å²) in [6.07, 6.45) is 3.27. The van der Waals surface area contributed by atoms with Gasteiger partial charge in [-0.25, -0.2) is 0 Å². The Bertz CT molecular complexity index is 596. The fourth-order valence-corrected chi connectivity index (χ4v) is 2.75. The minimum atomic E-state index is -0.0883. The molecule has 6 nitrogen and oxygen atoms in total. The van der Waals surface area contributed by atoms with Crippen molar-refractivity contribution in [2.24, 2.45) is 5.92 Å². The third-order valence-corrected chi connectivity index (χ3v) is 4.24. The molecule has 124 valence electrons. The van der Waals surface area contributed by atoms with Gasteiger partial charge in [0.2, 0.25) is 12.7 Å². The number of carbonyl (C=O) groups excluding carboxylic acids is 2. The number of nitrogens with one attached hydrogen (secondary N) is 1. The molecule has 23 heavy (non-hydrogen) atoms. The molecule has 2 amide bonds. The Labute approximate surface area is 135 Å². The van der Waals surface area contributed by atoms with Crippen LogP contribution >= 0.6 is 0 Å². The van der Waals surface area contributed by atoms with Crippen LogP contribution in [0.4, 0.5) is 0 Å². The van der Waals surface area contributed by atoms with Gasteiger partial charge < -0.3 is 19.7 Å². The van der Waals surface area contributed by atoms with Gasteiger partial charge in [-0.3, -0.25) is 9.59 Å². The van der Waals surface area contributed by atoms with E-state index in [4.69, 9.17) is 9.47 Å². The number of nitrogens with zero attached hydrogens (tertiary/aromatic N) is 1. The maximum Gasteiger partial charge on any atom is 0.254 e. The van der Waals surface area contributed by atoms with E-state index in [1.165, 1.54) is 0 Å². The average molecular weight is 318 g/mol. The number of carbonyl (C=O) groups is 2. The molecule has 0 unspecified atom stereocenters. The quantitative estimate of drug-likeness (QED) is 0.812. The second kappa shape index (κ2) is 6.89. The van der Waals surface area contributed by atoms with E-state index in [1.54, 1.807) is 23.1 Å². The molecule has 1 fully saturated rings. The lowest BCUT2D eigenvalue weighted by molar-refractivity contribution is -0.128. The molecule has 0 spiro atoms. The summed E-state index contributed by atoms with van der Waals surface area (Å²) in [5.41, 5.74) is 0.566. The molecule has 2 aliphatic rings. The van der Waals surface area contributed by atoms with Crippen LogP contribution in [0.3, 0.4) is 0 Å². The lowest BCUT2D eigenvalue weighted by Crippen LogP contribution is -2.55. The third kappa shape index (κ3) is 3.41. The SMILES string of the molecule is CCCCCNC(=O)C1CN(C(=O)c2ccc3c(c2)OCO3)C1. The van der Waals surface area contributed by atoms with Crippen LogP contribution in [0.1, 0.15) is 36.5 Å². The summed E-state index contributed by atoms with van der Waals surface area (Å²) < 4.78 is 10.5. The fraction of sp³-hybridized carbons (Fsp3) is 0.529. The van der Waals surface area contributed by atoms with Crippen LogP contribution in [-0.4, -0.2) is 43.1 Å². The first-order valence-electron chi connectivity index (χ1n) is 8.15. The van der Waals surface area contributed by atoms with E-state index in [0.717, 1.165) is 25.8 Å². The van der Waals surface area contributed by atoms with Gasteiger partial charge in [0.25, 0.3) is 5.91 Å². The van der Waals surface area contributed by atoms with Crippen molar-refractivity contribution in [2.75, 3.05) is 26.4 Å². The highest BCUT2D eigenvalue weighted by molar-refractivity contribution is 5.96. The number of amides is 2. The van der Waals surface area contributed by atoms with Gasteiger partial charge in [0, 0.05) is 25.2 Å². The second-order valence-corrected chi connectivity index (χ2v) is 5.97. The highest BCUT2D eigenvalue weighted by Gasteiger charge is 2.36. The smallest absolute Gasteiger partial charge is 0.254 e. The first kappa shape index (κ1) is 15.6. The van der Waals surface area contributed by atoms with Gasteiger partial charge in [0.15, 0.2) is 11.5 Å². The number of fused-ring (bicyclic) bond motifs is 1. The van der Waals surface area contributed by atoms with Crippen LogP contribution in [0.2, 0.25) is 0 Å². The summed E-state index contributed by atoms with van der Waals surface area (Å²) in [6.45, 7) is 4.00. The molecule has 0 radical (unpaired) electrons. The molecule has 0 atom stereocenters. The van der Waals surface area contributed by atoms with Crippen LogP contribution in [-0.2, 0) is 4.79 Å². The van der Waals surface area contributed by atoms with Gasteiger partial charge in [-0.1, -0.05) is 19.8 Å². The summed E-state index contributed by atoms with van der Waals surface area (Å²) in [5, 5.41) is 2.94. The van der Waals surface area contributed by atoms with Crippen LogP contribution in [0.25, 0.3) is 0 Å². The summed E-state index contributed by atoms with van der Waals surface area (Å²) in [4.78, 5) is 26.0. The molecule has 2 aliphatic heterocycles. The number of hydrogen-bond acceptors (Lipinski definition) is 4. The van der Waals surface area contributed by atoms with E-state index >= 15 is 0 Å². The second-order valence-electron chi connectivity index (χ2n) is 5.97. The van der Waals surface area contributed by atoms with E-state index in [9.17, 15) is 9.59 Å². The third-order valence-electron chi connectivity index (χ3n) is 4.24. The van der Waals surface area contributed by atoms with Gasteiger partial charge in [-0.05, 0) is 24.6 Å². The minimum Gasteiger partial charge on any atom is -0.454 e. The molecule has 2 heterocycles. The van der Waals surface area contributed by atoms with E-state index in [1.807, 2.05) is 0 Å². The van der Waals surface area contributed by atoms with Gasteiger partial charge in [-0.2, -0.15) is 0 Å². The number of rotatable bonds is 6. The molecular weight excluding hydrogens is 296 g/mol. The summed E-state index contributed by atoms with van der Waals surface area (Å²) >= 11 is 0. The summed E-state index contributed by atoms with van der Waals surface area (Å²) in [7, 11) is 0. The van der Waals surface area contributed by atoms with Crippen LogP contribution < -0.4 is 14.8 Å². The number of benzene rings is 1. The lowest BCUT2D eigenvalue weighted by Gasteiger charge is -2.38. The van der Waals surface area contributed by atoms with Crippen molar-refractivity contribution in [1.29, 1.82) is 0 Å². The van der Waals surface area contributed by atoms with Crippen molar-refractivity contribution in [3.8, 4) is 11.5 Å². The molecule has 1 aromatic rings. The zero-order valence-corrected chi connectivity index (χ0v) is 13.3. The van der Waals surface area contributed by atoms with Gasteiger partial charge in [0.05, 0.1) is 5.92 Å². The highest BCUT2D eigenvalue weighted by atomic mass is 16.7. The Hall–Kier alpha value is -2.24. The largest absolute Gasteiger partial charge is 0.454 e. The zero-order chi connectivity index (χ0) is 16.2. The normalized spacial score (nSPS) is 16.1. The predicted octanol–water partition coefficient (Wildman–Crippen LogP) is 1.79. The maximum atomic E-state index is 12.4. The molecule has 0 saturated carbocycles. The Morgan fingerprint density at radius 3 is 2.78 bits per heavy atom. The molecule has 0 aliphatic carbocycles. The molecule has 1 saturated heterocycles. The molecule has 6 heteroatoms. The Morgan fingerprint density at radius 1 is 1.22 bits per heavy atom. The topological polar surface area (TPSA) is 67.9 Å². The summed E-state index contributed by atoms with van der Waals surface area (Å²) in [6, 6.07) is 5.17. The predicted molar refractivity (Wildman–Crippen MR) is 84.5 cm³/mol. The monoisotopic (exact) mass is 318 g/mol. The maximum absolute atomic E-state index is 12.4. The van der Waals surface area contributed by atoms with Crippen molar-refractivity contribution < 1.29 is 19.1 Å². The van der Waals surface area contributed by atoms with E-state index < -0.39 is 0 Å². The molecule has 1 N–H and O–H groups in total. The Balaban J connectivity index is 1.47. The van der Waals surface area contributed by atoms with E-state index in [0.29, 0.717) is 30.2 Å². The molecular formula is C17H22N2O4. The minimum absolute atomic E-state index is 0.0517. The number of hydrogen-bond donors (Lipinski definition) is 1. The van der Waals surface area contributed by atoms with Crippen molar-refractivity contribution in [3.63, 3.8) is 0 Å². The first-order chi connectivity index (χ1) is 11.2. The number of unbranched alkanes of at least 4 members (excludes halogenated alkanes) is 2. The molecule has 0 aromatic heterocycles. The fourth-order valence-electron chi connectivity index (χ4n) is 2.75. The van der Waals surface area contributed by atoms with Gasteiger partial charge in [-0.15, -0.1) is 0 Å². The van der Waals surface area contributed by atoms with Crippen LogP contribution in [0.15, 0.2) is 18.2 Å². The highest BCUT2D eigenvalue weighted by Crippen LogP contribution is 2.33. The van der Waals surface area contributed by atoms with Crippen molar-refractivity contribution in [1.82, 2.24) is 10.2 Å². The van der Waals surface area contributed by atoms with Crippen molar-refractivity contribution in [2.45, 2.75) is 26.2 Å². The van der Waals surface area contributed by atoms with Crippen LogP contribution in [0.5, 0.6) is 11.5 Å².